The highest BCUT2D eigenvalue weighted by molar-refractivity contribution is 4.83. The highest BCUT2D eigenvalue weighted by atomic mass is 16.5. The Morgan fingerprint density at radius 2 is 2.30 bits per heavy atom. The molecule has 1 rings (SSSR count). The monoisotopic (exact) mass is 143 g/mol. The zero-order valence-corrected chi connectivity index (χ0v) is 6.89. The Morgan fingerprint density at radius 1 is 1.60 bits per heavy atom. The van der Waals surface area contributed by atoms with Gasteiger partial charge in [0.15, 0.2) is 0 Å². The molecule has 0 aromatic heterocycles. The number of rotatable bonds is 5. The van der Waals surface area contributed by atoms with Gasteiger partial charge in [-0.15, -0.1) is 0 Å². The lowest BCUT2D eigenvalue weighted by Crippen LogP contribution is -2.21. The molecule has 0 bridgehead atoms. The van der Waals surface area contributed by atoms with Crippen LogP contribution >= 0.6 is 0 Å². The van der Waals surface area contributed by atoms with E-state index in [1.165, 1.54) is 13.0 Å². The summed E-state index contributed by atoms with van der Waals surface area (Å²) < 4.78 is 4.91. The molecule has 2 atom stereocenters. The van der Waals surface area contributed by atoms with Crippen molar-refractivity contribution in [2.45, 2.75) is 13.3 Å². The van der Waals surface area contributed by atoms with E-state index in [0.29, 0.717) is 0 Å². The summed E-state index contributed by atoms with van der Waals surface area (Å²) in [4.78, 5) is 0. The van der Waals surface area contributed by atoms with Crippen molar-refractivity contribution in [3.63, 3.8) is 0 Å². The maximum atomic E-state index is 4.91. The molecular weight excluding hydrogens is 126 g/mol. The average molecular weight is 143 g/mol. The van der Waals surface area contributed by atoms with Gasteiger partial charge in [-0.3, -0.25) is 0 Å². The van der Waals surface area contributed by atoms with Gasteiger partial charge >= 0.3 is 0 Å². The molecule has 0 aromatic carbocycles. The van der Waals surface area contributed by atoms with E-state index in [-0.39, 0.29) is 0 Å². The molecule has 0 radical (unpaired) electrons. The molecule has 0 heterocycles. The molecule has 1 aliphatic carbocycles. The van der Waals surface area contributed by atoms with E-state index in [2.05, 4.69) is 12.2 Å². The Hall–Kier alpha value is -0.0800. The van der Waals surface area contributed by atoms with Gasteiger partial charge in [0, 0.05) is 13.7 Å². The number of hydrogen-bond donors (Lipinski definition) is 1. The van der Waals surface area contributed by atoms with Crippen molar-refractivity contribution in [3.05, 3.63) is 0 Å². The fourth-order valence-electron chi connectivity index (χ4n) is 1.15. The smallest absolute Gasteiger partial charge is 0.0587 e. The van der Waals surface area contributed by atoms with Gasteiger partial charge in [-0.1, -0.05) is 6.92 Å². The van der Waals surface area contributed by atoms with Crippen molar-refractivity contribution in [1.29, 1.82) is 0 Å². The van der Waals surface area contributed by atoms with Gasteiger partial charge in [0.05, 0.1) is 6.61 Å². The Labute approximate surface area is 63.0 Å². The topological polar surface area (TPSA) is 21.3 Å². The van der Waals surface area contributed by atoms with E-state index in [1.54, 1.807) is 7.11 Å². The Kier molecular flexibility index (Phi) is 3.16. The number of ether oxygens (including phenoxy) is 1. The second-order valence-electron chi connectivity index (χ2n) is 3.17. The minimum Gasteiger partial charge on any atom is -0.383 e. The second-order valence-corrected chi connectivity index (χ2v) is 3.17. The lowest BCUT2D eigenvalue weighted by molar-refractivity contribution is 0.199. The van der Waals surface area contributed by atoms with Gasteiger partial charge in [0.25, 0.3) is 0 Å². The van der Waals surface area contributed by atoms with Crippen LogP contribution in [0.25, 0.3) is 0 Å². The third-order valence-corrected chi connectivity index (χ3v) is 2.17. The van der Waals surface area contributed by atoms with Crippen LogP contribution in [0.2, 0.25) is 0 Å². The van der Waals surface area contributed by atoms with Gasteiger partial charge in [-0.2, -0.15) is 0 Å². The summed E-state index contributed by atoms with van der Waals surface area (Å²) >= 11 is 0. The van der Waals surface area contributed by atoms with Crippen LogP contribution in [0.4, 0.5) is 0 Å². The van der Waals surface area contributed by atoms with Crippen LogP contribution in [-0.2, 0) is 4.74 Å². The van der Waals surface area contributed by atoms with Gasteiger partial charge in [0.2, 0.25) is 0 Å². The fourth-order valence-corrected chi connectivity index (χ4v) is 1.15. The number of nitrogens with one attached hydrogen (secondary N) is 1. The largest absolute Gasteiger partial charge is 0.383 e. The molecule has 1 aliphatic rings. The molecule has 1 fully saturated rings. The second kappa shape index (κ2) is 3.94. The van der Waals surface area contributed by atoms with E-state index in [1.807, 2.05) is 0 Å². The fraction of sp³-hybridized carbons (Fsp3) is 1.00. The van der Waals surface area contributed by atoms with E-state index in [4.69, 9.17) is 4.74 Å². The molecule has 2 heteroatoms. The van der Waals surface area contributed by atoms with Crippen molar-refractivity contribution < 1.29 is 4.74 Å². The van der Waals surface area contributed by atoms with Crippen LogP contribution in [-0.4, -0.2) is 26.8 Å². The van der Waals surface area contributed by atoms with Crippen LogP contribution in [0, 0.1) is 11.8 Å². The van der Waals surface area contributed by atoms with E-state index in [9.17, 15) is 0 Å². The van der Waals surface area contributed by atoms with Crippen molar-refractivity contribution in [2.75, 3.05) is 26.8 Å². The van der Waals surface area contributed by atoms with Crippen LogP contribution < -0.4 is 5.32 Å². The maximum Gasteiger partial charge on any atom is 0.0587 e. The number of hydrogen-bond acceptors (Lipinski definition) is 2. The summed E-state index contributed by atoms with van der Waals surface area (Å²) in [5, 5.41) is 3.35. The lowest BCUT2D eigenvalue weighted by Gasteiger charge is -2.01. The molecule has 1 N–H and O–H groups in total. The minimum absolute atomic E-state index is 0.834. The van der Waals surface area contributed by atoms with Gasteiger partial charge in [-0.25, -0.2) is 0 Å². The first-order valence-corrected chi connectivity index (χ1v) is 4.04. The summed E-state index contributed by atoms with van der Waals surface area (Å²) in [5.41, 5.74) is 0. The summed E-state index contributed by atoms with van der Waals surface area (Å²) in [7, 11) is 1.74. The molecule has 1 saturated carbocycles. The highest BCUT2D eigenvalue weighted by Crippen LogP contribution is 2.36. The van der Waals surface area contributed by atoms with Crippen LogP contribution in [0.15, 0.2) is 0 Å². The van der Waals surface area contributed by atoms with Crippen molar-refractivity contribution in [2.24, 2.45) is 11.8 Å². The molecule has 0 amide bonds. The standard InChI is InChI=1S/C8H17NO/c1-7-5-8(7)6-9-3-4-10-2/h7-9H,3-6H2,1-2H3/t7-,8-/m0/s1. The predicted molar refractivity (Wildman–Crippen MR) is 42.0 cm³/mol. The normalized spacial score (nSPS) is 30.6. The van der Waals surface area contributed by atoms with E-state index < -0.39 is 0 Å². The Balaban J connectivity index is 1.78. The molecule has 0 unspecified atom stereocenters. The molecule has 2 nitrogen and oxygen atoms in total. The predicted octanol–water partition coefficient (Wildman–Crippen LogP) is 0.878. The first-order chi connectivity index (χ1) is 4.84. The Morgan fingerprint density at radius 3 is 2.80 bits per heavy atom. The Bertz CT molecular complexity index is 95.3. The van der Waals surface area contributed by atoms with Crippen LogP contribution in [0.1, 0.15) is 13.3 Å². The minimum atomic E-state index is 0.834. The van der Waals surface area contributed by atoms with Crippen molar-refractivity contribution in [3.8, 4) is 0 Å². The van der Waals surface area contributed by atoms with Crippen LogP contribution in [0.5, 0.6) is 0 Å². The molecule has 0 aromatic rings. The van der Waals surface area contributed by atoms with Crippen molar-refractivity contribution >= 4 is 0 Å². The molecule has 0 saturated heterocycles. The zero-order chi connectivity index (χ0) is 7.40. The van der Waals surface area contributed by atoms with Gasteiger partial charge in [0.1, 0.15) is 0 Å². The number of methoxy groups -OCH3 is 1. The summed E-state index contributed by atoms with van der Waals surface area (Å²) in [6, 6.07) is 0. The average Bonchev–Trinajstić information content (AvgIpc) is 2.60. The van der Waals surface area contributed by atoms with Crippen LogP contribution in [0.3, 0.4) is 0 Å². The SMILES string of the molecule is COCCNC[C@@H]1C[C@@H]1C. The molecular formula is C8H17NO. The maximum absolute atomic E-state index is 4.91. The summed E-state index contributed by atoms with van der Waals surface area (Å²) in [5.74, 6) is 1.92. The lowest BCUT2D eigenvalue weighted by atomic mass is 10.3. The van der Waals surface area contributed by atoms with Gasteiger partial charge < -0.3 is 10.1 Å². The van der Waals surface area contributed by atoms with Gasteiger partial charge in [-0.05, 0) is 24.8 Å². The van der Waals surface area contributed by atoms with E-state index >= 15 is 0 Å². The molecule has 0 aliphatic heterocycles. The third-order valence-electron chi connectivity index (χ3n) is 2.17. The van der Waals surface area contributed by atoms with Crippen molar-refractivity contribution in [1.82, 2.24) is 5.32 Å². The zero-order valence-electron chi connectivity index (χ0n) is 6.89. The summed E-state index contributed by atoms with van der Waals surface area (Å²) in [6.07, 6.45) is 1.42. The first kappa shape index (κ1) is 8.02. The molecule has 60 valence electrons. The third kappa shape index (κ3) is 2.67. The van der Waals surface area contributed by atoms with E-state index in [0.717, 1.165) is 25.0 Å². The molecule has 10 heavy (non-hydrogen) atoms. The molecule has 0 spiro atoms. The quantitative estimate of drug-likeness (QED) is 0.577. The first-order valence-electron chi connectivity index (χ1n) is 4.04. The summed E-state index contributed by atoms with van der Waals surface area (Å²) in [6.45, 7) is 5.33. The highest BCUT2D eigenvalue weighted by Gasteiger charge is 2.31.